The van der Waals surface area contributed by atoms with Gasteiger partial charge in [0.2, 0.25) is 5.91 Å². The fourth-order valence-electron chi connectivity index (χ4n) is 4.26. The second-order valence-electron chi connectivity index (χ2n) is 11.1. The minimum absolute atomic E-state index is 0.0376. The van der Waals surface area contributed by atoms with Gasteiger partial charge in [0.1, 0.15) is 24.0 Å². The first kappa shape index (κ1) is 32.4. The first-order chi connectivity index (χ1) is 20.2. The van der Waals surface area contributed by atoms with E-state index in [1.165, 1.54) is 5.56 Å². The van der Waals surface area contributed by atoms with E-state index in [9.17, 15) is 9.59 Å². The van der Waals surface area contributed by atoms with Gasteiger partial charge in [-0.15, -0.1) is 0 Å². The molecule has 0 aliphatic carbocycles. The van der Waals surface area contributed by atoms with Crippen molar-refractivity contribution in [3.8, 4) is 5.75 Å². The Morgan fingerprint density at radius 3 is 2.10 bits per heavy atom. The second kappa shape index (κ2) is 17.0. The van der Waals surface area contributed by atoms with Crippen LogP contribution >= 0.6 is 0 Å². The maximum absolute atomic E-state index is 13.4. The number of nitrogens with one attached hydrogen (secondary N) is 2. The maximum atomic E-state index is 13.4. The Hall–Kier alpha value is -4.10. The van der Waals surface area contributed by atoms with Crippen LogP contribution in [0.25, 0.3) is 0 Å². The van der Waals surface area contributed by atoms with Crippen LogP contribution in [0.2, 0.25) is 0 Å². The summed E-state index contributed by atoms with van der Waals surface area (Å²) in [6.07, 6.45) is 5.42. The highest BCUT2D eigenvalue weighted by Crippen LogP contribution is 2.16. The fraction of sp³-hybridized carbons (Fsp3) is 0.371. The lowest BCUT2D eigenvalue weighted by molar-refractivity contribution is -0.125. The molecule has 7 nitrogen and oxygen atoms in total. The lowest BCUT2D eigenvalue weighted by Gasteiger charge is -2.25. The highest BCUT2D eigenvalue weighted by atomic mass is 16.6. The zero-order valence-electron chi connectivity index (χ0n) is 25.2. The standard InChI is InChI=1S/C35H44N2O5/c1-5-13-30(24-28-19-21-31(22-20-28)41-25-29-16-10-7-11-17-29)36-33(38)32(37-34(39)42-35(2,3)4)26-40-23-12-18-27-14-8-6-9-15-27/h5-11,13-17,19-22,30,32H,12,18,23-26H2,1-4H3,(H,36,38)(H,37,39)/b13-5+/t30-,32?/m0/s1. The van der Waals surface area contributed by atoms with Gasteiger partial charge in [0, 0.05) is 6.61 Å². The van der Waals surface area contributed by atoms with Crippen molar-refractivity contribution in [3.05, 3.63) is 114 Å². The first-order valence-electron chi connectivity index (χ1n) is 14.5. The number of allylic oxidation sites excluding steroid dienone is 1. The Morgan fingerprint density at radius 1 is 0.833 bits per heavy atom. The van der Waals surface area contributed by atoms with Crippen molar-refractivity contribution in [2.75, 3.05) is 13.2 Å². The molecule has 7 heteroatoms. The molecule has 0 spiro atoms. The van der Waals surface area contributed by atoms with Gasteiger partial charge in [-0.2, -0.15) is 0 Å². The summed E-state index contributed by atoms with van der Waals surface area (Å²) < 4.78 is 17.1. The largest absolute Gasteiger partial charge is 0.489 e. The van der Waals surface area contributed by atoms with Gasteiger partial charge in [-0.1, -0.05) is 84.9 Å². The van der Waals surface area contributed by atoms with E-state index in [1.54, 1.807) is 20.8 Å². The van der Waals surface area contributed by atoms with E-state index in [2.05, 4.69) is 22.8 Å². The summed E-state index contributed by atoms with van der Waals surface area (Å²) in [5.74, 6) is 0.440. The minimum atomic E-state index is -0.905. The van der Waals surface area contributed by atoms with Gasteiger partial charge >= 0.3 is 6.09 Å². The van der Waals surface area contributed by atoms with E-state index in [1.807, 2.05) is 91.9 Å². The van der Waals surface area contributed by atoms with Crippen LogP contribution in [-0.4, -0.2) is 42.9 Å². The van der Waals surface area contributed by atoms with Crippen LogP contribution in [0.5, 0.6) is 5.75 Å². The number of hydrogen-bond donors (Lipinski definition) is 2. The van der Waals surface area contributed by atoms with E-state index in [0.717, 1.165) is 29.7 Å². The molecule has 3 aromatic rings. The molecule has 0 aliphatic heterocycles. The number of amides is 2. The molecule has 0 bridgehead atoms. The van der Waals surface area contributed by atoms with E-state index in [-0.39, 0.29) is 18.6 Å². The zero-order chi connectivity index (χ0) is 30.2. The molecule has 0 heterocycles. The molecule has 0 fully saturated rings. The smallest absolute Gasteiger partial charge is 0.408 e. The van der Waals surface area contributed by atoms with Crippen molar-refractivity contribution >= 4 is 12.0 Å². The van der Waals surface area contributed by atoms with Gasteiger partial charge in [-0.3, -0.25) is 4.79 Å². The lowest BCUT2D eigenvalue weighted by Crippen LogP contribution is -2.52. The molecular weight excluding hydrogens is 528 g/mol. The molecule has 0 radical (unpaired) electrons. The van der Waals surface area contributed by atoms with E-state index in [0.29, 0.717) is 19.6 Å². The highest BCUT2D eigenvalue weighted by Gasteiger charge is 2.26. The summed E-state index contributed by atoms with van der Waals surface area (Å²) in [6, 6.07) is 26.9. The van der Waals surface area contributed by atoms with Crippen molar-refractivity contribution in [1.82, 2.24) is 10.6 Å². The molecule has 1 unspecified atom stereocenters. The van der Waals surface area contributed by atoms with E-state index in [4.69, 9.17) is 14.2 Å². The fourth-order valence-corrected chi connectivity index (χ4v) is 4.26. The van der Waals surface area contributed by atoms with Crippen LogP contribution in [-0.2, 0) is 33.7 Å². The van der Waals surface area contributed by atoms with Crippen LogP contribution in [0.1, 0.15) is 50.8 Å². The summed E-state index contributed by atoms with van der Waals surface area (Å²) in [5.41, 5.74) is 2.69. The average molecular weight is 573 g/mol. The maximum Gasteiger partial charge on any atom is 0.408 e. The minimum Gasteiger partial charge on any atom is -0.489 e. The van der Waals surface area contributed by atoms with Crippen LogP contribution in [0.15, 0.2) is 97.1 Å². The van der Waals surface area contributed by atoms with Crippen LogP contribution in [0, 0.1) is 0 Å². The third kappa shape index (κ3) is 12.6. The lowest BCUT2D eigenvalue weighted by atomic mass is 10.0. The number of ether oxygens (including phenoxy) is 3. The van der Waals surface area contributed by atoms with Crippen molar-refractivity contribution in [1.29, 1.82) is 0 Å². The third-order valence-electron chi connectivity index (χ3n) is 6.27. The van der Waals surface area contributed by atoms with E-state index >= 15 is 0 Å². The molecule has 2 atom stereocenters. The number of carbonyl (C=O) groups is 2. The predicted octanol–water partition coefficient (Wildman–Crippen LogP) is 6.41. The SMILES string of the molecule is C/C=C/[C@@H](Cc1ccc(OCc2ccccc2)cc1)NC(=O)C(COCCCc1ccccc1)NC(=O)OC(C)(C)C. The van der Waals surface area contributed by atoms with Gasteiger partial charge in [0.25, 0.3) is 0 Å². The Labute approximate surface area is 250 Å². The van der Waals surface area contributed by atoms with Crippen LogP contribution in [0.4, 0.5) is 4.79 Å². The number of carbonyl (C=O) groups excluding carboxylic acids is 2. The molecule has 42 heavy (non-hydrogen) atoms. The number of aryl methyl sites for hydroxylation is 1. The van der Waals surface area contributed by atoms with Crippen LogP contribution in [0.3, 0.4) is 0 Å². The first-order valence-corrected chi connectivity index (χ1v) is 14.5. The Kier molecular flexibility index (Phi) is 13.1. The quantitative estimate of drug-likeness (QED) is 0.162. The number of rotatable bonds is 15. The van der Waals surface area contributed by atoms with Crippen molar-refractivity contribution < 1.29 is 23.8 Å². The molecule has 3 rings (SSSR count). The molecule has 3 aromatic carbocycles. The Bertz CT molecular complexity index is 1240. The van der Waals surface area contributed by atoms with Crippen molar-refractivity contribution in [2.24, 2.45) is 0 Å². The number of hydrogen-bond acceptors (Lipinski definition) is 5. The summed E-state index contributed by atoms with van der Waals surface area (Å²) in [5, 5.41) is 5.74. The van der Waals surface area contributed by atoms with Gasteiger partial charge in [0.05, 0.1) is 12.6 Å². The third-order valence-corrected chi connectivity index (χ3v) is 6.27. The van der Waals surface area contributed by atoms with Gasteiger partial charge in [-0.05, 0) is 75.8 Å². The molecule has 0 saturated carbocycles. The molecule has 2 N–H and O–H groups in total. The van der Waals surface area contributed by atoms with E-state index < -0.39 is 17.7 Å². The highest BCUT2D eigenvalue weighted by molar-refractivity contribution is 5.86. The molecular formula is C35H44N2O5. The number of benzene rings is 3. The monoisotopic (exact) mass is 572 g/mol. The molecule has 0 aliphatic rings. The topological polar surface area (TPSA) is 85.9 Å². The Balaban J connectivity index is 1.56. The normalized spacial score (nSPS) is 12.9. The van der Waals surface area contributed by atoms with Gasteiger partial charge in [-0.25, -0.2) is 4.79 Å². The van der Waals surface area contributed by atoms with Crippen molar-refractivity contribution in [2.45, 2.75) is 71.2 Å². The Morgan fingerprint density at radius 2 is 1.48 bits per heavy atom. The summed E-state index contributed by atoms with van der Waals surface area (Å²) in [4.78, 5) is 25.9. The van der Waals surface area contributed by atoms with Gasteiger partial charge in [0.15, 0.2) is 0 Å². The van der Waals surface area contributed by atoms with Crippen molar-refractivity contribution in [3.63, 3.8) is 0 Å². The van der Waals surface area contributed by atoms with Crippen LogP contribution < -0.4 is 15.4 Å². The molecule has 0 aromatic heterocycles. The molecule has 0 saturated heterocycles. The summed E-state index contributed by atoms with van der Waals surface area (Å²) in [6.45, 7) is 8.25. The average Bonchev–Trinajstić information content (AvgIpc) is 2.96. The predicted molar refractivity (Wildman–Crippen MR) is 166 cm³/mol. The number of alkyl carbamates (subject to hydrolysis) is 1. The zero-order valence-corrected chi connectivity index (χ0v) is 25.2. The second-order valence-corrected chi connectivity index (χ2v) is 11.1. The molecule has 224 valence electrons. The summed E-state index contributed by atoms with van der Waals surface area (Å²) in [7, 11) is 0. The van der Waals surface area contributed by atoms with Gasteiger partial charge < -0.3 is 24.8 Å². The molecule has 2 amide bonds. The summed E-state index contributed by atoms with van der Waals surface area (Å²) >= 11 is 0.